The average molecular weight is 986 g/mol. The smallest absolute Gasteiger partial charge is 0.306 e. The molecule has 0 N–H and O–H groups in total. The summed E-state index contributed by atoms with van der Waals surface area (Å²) in [5.41, 5.74) is 0. The van der Waals surface area contributed by atoms with Crippen LogP contribution < -0.4 is 0 Å². The lowest BCUT2D eigenvalue weighted by Gasteiger charge is -2.18. The first-order valence-corrected chi connectivity index (χ1v) is 29.4. The van der Waals surface area contributed by atoms with Crippen LogP contribution >= 0.6 is 0 Å². The first kappa shape index (κ1) is 67.1. The Kier molecular flexibility index (Phi) is 55.4. The average Bonchev–Trinajstić information content (AvgIpc) is 3.37. The third-order valence-electron chi connectivity index (χ3n) is 12.3. The Labute approximate surface area is 438 Å². The standard InChI is InChI=1S/C65H108O6/c1-4-7-10-13-16-19-22-24-25-26-27-28-29-30-31-32-33-34-35-36-37-38-39-41-43-46-49-52-55-58-64(67)70-61-62(60-69-63(66)57-54-51-48-45-42-21-18-15-12-9-6-3)71-65(68)59-56-53-50-47-44-40-23-20-17-14-11-8-5-2/h7-8,10-11,15-20,24-25,27-28,40,44,50,53,62H,4-6,9,12-14,21-23,26,29-39,41-43,45-49,51-52,54-61H2,1-3H3/b10-7-,11-8-,18-15-,19-16-,20-17-,25-24-,28-27-,44-40-,53-50-. The molecule has 1 unspecified atom stereocenters. The molecule has 1 atom stereocenters. The van der Waals surface area contributed by atoms with E-state index in [1.54, 1.807) is 0 Å². The number of esters is 3. The van der Waals surface area contributed by atoms with E-state index >= 15 is 0 Å². The normalized spacial score (nSPS) is 12.9. The van der Waals surface area contributed by atoms with Gasteiger partial charge in [0.2, 0.25) is 0 Å². The summed E-state index contributed by atoms with van der Waals surface area (Å²) in [7, 11) is 0. The van der Waals surface area contributed by atoms with Crippen molar-refractivity contribution < 1.29 is 28.6 Å². The first-order chi connectivity index (χ1) is 35.0. The van der Waals surface area contributed by atoms with Crippen LogP contribution in [0, 0.1) is 0 Å². The second-order valence-corrected chi connectivity index (χ2v) is 19.1. The minimum Gasteiger partial charge on any atom is -0.462 e. The van der Waals surface area contributed by atoms with Gasteiger partial charge in [0, 0.05) is 19.3 Å². The van der Waals surface area contributed by atoms with Crippen molar-refractivity contribution in [2.45, 2.75) is 271 Å². The molecule has 6 nitrogen and oxygen atoms in total. The van der Waals surface area contributed by atoms with E-state index in [1.165, 1.54) is 116 Å². The van der Waals surface area contributed by atoms with Gasteiger partial charge in [-0.05, 0) is 103 Å². The SMILES string of the molecule is CC/C=C\C/C=C\C/C=C\C/C=C\CCCCCCCCCCCCCCCCCCC(=O)OCC(COC(=O)CCCCCCC/C=C\CCCC)OC(=O)CC/C=C\C/C=C\C/C=C\C/C=C\CC. The van der Waals surface area contributed by atoms with Crippen molar-refractivity contribution in [1.29, 1.82) is 0 Å². The molecule has 0 rings (SSSR count). The van der Waals surface area contributed by atoms with E-state index in [-0.39, 0.29) is 31.6 Å². The maximum Gasteiger partial charge on any atom is 0.306 e. The number of carbonyl (C=O) groups is 3. The van der Waals surface area contributed by atoms with Crippen molar-refractivity contribution in [3.63, 3.8) is 0 Å². The highest BCUT2D eigenvalue weighted by Crippen LogP contribution is 2.16. The van der Waals surface area contributed by atoms with E-state index in [1.807, 2.05) is 12.2 Å². The van der Waals surface area contributed by atoms with Gasteiger partial charge >= 0.3 is 17.9 Å². The van der Waals surface area contributed by atoms with Crippen LogP contribution in [0.3, 0.4) is 0 Å². The first-order valence-electron chi connectivity index (χ1n) is 29.4. The lowest BCUT2D eigenvalue weighted by Crippen LogP contribution is -2.30. The highest BCUT2D eigenvalue weighted by Gasteiger charge is 2.19. The highest BCUT2D eigenvalue weighted by atomic mass is 16.6. The number of allylic oxidation sites excluding steroid dienone is 18. The molecule has 0 aliphatic carbocycles. The van der Waals surface area contributed by atoms with E-state index in [9.17, 15) is 14.4 Å². The zero-order valence-corrected chi connectivity index (χ0v) is 46.2. The van der Waals surface area contributed by atoms with E-state index < -0.39 is 12.1 Å². The molecule has 404 valence electrons. The summed E-state index contributed by atoms with van der Waals surface area (Å²) >= 11 is 0. The molecule has 0 aromatic carbocycles. The number of hydrogen-bond acceptors (Lipinski definition) is 6. The molecule has 0 radical (unpaired) electrons. The molecular formula is C65H108O6. The molecule has 0 saturated carbocycles. The molecule has 0 fully saturated rings. The molecule has 0 bridgehead atoms. The Morgan fingerprint density at radius 3 is 0.930 bits per heavy atom. The van der Waals surface area contributed by atoms with Gasteiger partial charge in [-0.3, -0.25) is 14.4 Å². The lowest BCUT2D eigenvalue weighted by molar-refractivity contribution is -0.166. The zero-order valence-electron chi connectivity index (χ0n) is 46.2. The summed E-state index contributed by atoms with van der Waals surface area (Å²) in [6.07, 6.45) is 79.8. The molecule has 0 saturated heterocycles. The minimum absolute atomic E-state index is 0.109. The van der Waals surface area contributed by atoms with E-state index in [2.05, 4.69) is 118 Å². The molecule has 0 heterocycles. The number of rotatable bonds is 52. The molecule has 0 aromatic rings. The predicted molar refractivity (Wildman–Crippen MR) is 307 cm³/mol. The fraction of sp³-hybridized carbons (Fsp3) is 0.677. The van der Waals surface area contributed by atoms with Crippen LogP contribution in [0.4, 0.5) is 0 Å². The highest BCUT2D eigenvalue weighted by molar-refractivity contribution is 5.71. The summed E-state index contributed by atoms with van der Waals surface area (Å²) < 4.78 is 16.7. The second-order valence-electron chi connectivity index (χ2n) is 19.1. The third-order valence-corrected chi connectivity index (χ3v) is 12.3. The Morgan fingerprint density at radius 1 is 0.296 bits per heavy atom. The Hall–Kier alpha value is -3.93. The van der Waals surface area contributed by atoms with Gasteiger partial charge in [0.05, 0.1) is 0 Å². The predicted octanol–water partition coefficient (Wildman–Crippen LogP) is 19.9. The Morgan fingerprint density at radius 2 is 0.577 bits per heavy atom. The molecule has 71 heavy (non-hydrogen) atoms. The van der Waals surface area contributed by atoms with E-state index in [0.29, 0.717) is 19.3 Å². The van der Waals surface area contributed by atoms with E-state index in [0.717, 1.165) is 103 Å². The fourth-order valence-corrected chi connectivity index (χ4v) is 7.90. The minimum atomic E-state index is -0.819. The van der Waals surface area contributed by atoms with Crippen molar-refractivity contribution in [3.05, 3.63) is 109 Å². The fourth-order valence-electron chi connectivity index (χ4n) is 7.90. The number of unbranched alkanes of at least 4 members (excludes halogenated alkanes) is 23. The second kappa shape index (κ2) is 58.6. The maximum absolute atomic E-state index is 12.8. The summed E-state index contributed by atoms with van der Waals surface area (Å²) in [5, 5.41) is 0. The number of hydrogen-bond donors (Lipinski definition) is 0. The molecule has 6 heteroatoms. The van der Waals surface area contributed by atoms with Gasteiger partial charge in [0.1, 0.15) is 13.2 Å². The van der Waals surface area contributed by atoms with Crippen molar-refractivity contribution >= 4 is 17.9 Å². The summed E-state index contributed by atoms with van der Waals surface area (Å²) in [4.78, 5) is 38.0. The largest absolute Gasteiger partial charge is 0.462 e. The lowest BCUT2D eigenvalue weighted by atomic mass is 10.0. The summed E-state index contributed by atoms with van der Waals surface area (Å²) in [5.74, 6) is -1.00. The Bertz CT molecular complexity index is 1460. The van der Waals surface area contributed by atoms with Crippen LogP contribution in [0.5, 0.6) is 0 Å². The van der Waals surface area contributed by atoms with Gasteiger partial charge in [-0.1, -0.05) is 252 Å². The van der Waals surface area contributed by atoms with Crippen LogP contribution in [-0.4, -0.2) is 37.2 Å². The van der Waals surface area contributed by atoms with Gasteiger partial charge < -0.3 is 14.2 Å². The molecule has 0 aliphatic rings. The molecule has 0 aliphatic heterocycles. The molecular weight excluding hydrogens is 877 g/mol. The monoisotopic (exact) mass is 985 g/mol. The molecule has 0 aromatic heterocycles. The third kappa shape index (κ3) is 56.9. The number of carbonyl (C=O) groups excluding carboxylic acids is 3. The van der Waals surface area contributed by atoms with Gasteiger partial charge in [-0.2, -0.15) is 0 Å². The van der Waals surface area contributed by atoms with Gasteiger partial charge in [-0.25, -0.2) is 0 Å². The topological polar surface area (TPSA) is 78.9 Å². The molecule has 0 spiro atoms. The van der Waals surface area contributed by atoms with Crippen molar-refractivity contribution in [3.8, 4) is 0 Å². The van der Waals surface area contributed by atoms with Gasteiger partial charge in [-0.15, -0.1) is 0 Å². The van der Waals surface area contributed by atoms with Crippen molar-refractivity contribution in [1.82, 2.24) is 0 Å². The number of ether oxygens (including phenoxy) is 3. The van der Waals surface area contributed by atoms with Crippen molar-refractivity contribution in [2.75, 3.05) is 13.2 Å². The van der Waals surface area contributed by atoms with Gasteiger partial charge in [0.25, 0.3) is 0 Å². The van der Waals surface area contributed by atoms with Crippen LogP contribution in [0.1, 0.15) is 265 Å². The van der Waals surface area contributed by atoms with Crippen LogP contribution in [0.25, 0.3) is 0 Å². The van der Waals surface area contributed by atoms with Crippen LogP contribution in [-0.2, 0) is 28.6 Å². The van der Waals surface area contributed by atoms with Crippen LogP contribution in [0.2, 0.25) is 0 Å². The Balaban J connectivity index is 4.21. The van der Waals surface area contributed by atoms with Crippen molar-refractivity contribution in [2.24, 2.45) is 0 Å². The van der Waals surface area contributed by atoms with Crippen LogP contribution in [0.15, 0.2) is 109 Å². The quantitative estimate of drug-likeness (QED) is 0.0261. The maximum atomic E-state index is 12.8. The zero-order chi connectivity index (χ0) is 51.4. The van der Waals surface area contributed by atoms with E-state index in [4.69, 9.17) is 14.2 Å². The van der Waals surface area contributed by atoms with Gasteiger partial charge in [0.15, 0.2) is 6.10 Å². The molecule has 0 amide bonds. The summed E-state index contributed by atoms with van der Waals surface area (Å²) in [6.45, 7) is 6.30. The summed E-state index contributed by atoms with van der Waals surface area (Å²) in [6, 6.07) is 0.